The lowest BCUT2D eigenvalue weighted by Gasteiger charge is -2.44. The van der Waals surface area contributed by atoms with Gasteiger partial charge in [0, 0.05) is 13.0 Å². The largest absolute Gasteiger partial charge is 0.369 e. The molecular weight excluding hydrogens is 240 g/mol. The third kappa shape index (κ3) is 2.96. The highest BCUT2D eigenvalue weighted by Gasteiger charge is 2.36. The van der Waals surface area contributed by atoms with Gasteiger partial charge >= 0.3 is 0 Å². The fourth-order valence-corrected chi connectivity index (χ4v) is 2.75. The molecule has 1 aromatic carbocycles. The number of hydrogen-bond donors (Lipinski definition) is 1. The molecule has 0 aromatic heterocycles. The Labute approximate surface area is 114 Å². The third-order valence-electron chi connectivity index (χ3n) is 3.64. The van der Waals surface area contributed by atoms with Crippen LogP contribution in [0.2, 0.25) is 0 Å². The molecule has 4 nitrogen and oxygen atoms in total. The van der Waals surface area contributed by atoms with Crippen molar-refractivity contribution in [1.29, 1.82) is 0 Å². The number of amides is 1. The lowest BCUT2D eigenvalue weighted by molar-refractivity contribution is -0.153. The molecule has 0 bridgehead atoms. The van der Waals surface area contributed by atoms with Gasteiger partial charge in [0.25, 0.3) is 0 Å². The van der Waals surface area contributed by atoms with Crippen molar-refractivity contribution < 1.29 is 9.53 Å². The van der Waals surface area contributed by atoms with E-state index in [4.69, 9.17) is 10.5 Å². The highest BCUT2D eigenvalue weighted by Crippen LogP contribution is 2.31. The monoisotopic (exact) mass is 262 g/mol. The van der Waals surface area contributed by atoms with Gasteiger partial charge in [-0.3, -0.25) is 4.79 Å². The normalized spacial score (nSPS) is 27.3. The molecule has 0 spiro atoms. The summed E-state index contributed by atoms with van der Waals surface area (Å²) in [5, 5.41) is 0. The second-order valence-corrected chi connectivity index (χ2v) is 5.09. The van der Waals surface area contributed by atoms with Gasteiger partial charge in [0.2, 0.25) is 5.91 Å². The lowest BCUT2D eigenvalue weighted by atomic mass is 9.98. The quantitative estimate of drug-likeness (QED) is 0.902. The summed E-state index contributed by atoms with van der Waals surface area (Å²) in [7, 11) is 0. The Hall–Kier alpha value is -1.39. The molecule has 1 aliphatic rings. The van der Waals surface area contributed by atoms with Crippen molar-refractivity contribution in [3.8, 4) is 0 Å². The number of nitrogens with zero attached hydrogens (tertiary/aromatic N) is 1. The molecule has 1 saturated heterocycles. The zero-order valence-corrected chi connectivity index (χ0v) is 11.6. The fraction of sp³-hybridized carbons (Fsp3) is 0.533. The van der Waals surface area contributed by atoms with Crippen molar-refractivity contribution in [2.75, 3.05) is 13.2 Å². The molecular formula is C15H22N2O2. The second-order valence-electron chi connectivity index (χ2n) is 5.09. The minimum atomic E-state index is -0.0564. The molecule has 0 unspecified atom stereocenters. The maximum Gasteiger partial charge on any atom is 0.224 e. The fourth-order valence-electron chi connectivity index (χ4n) is 2.75. The van der Waals surface area contributed by atoms with E-state index in [9.17, 15) is 4.79 Å². The predicted octanol–water partition coefficient (Wildman–Crippen LogP) is 1.71. The molecule has 3 atom stereocenters. The van der Waals surface area contributed by atoms with Crippen LogP contribution in [0.4, 0.5) is 0 Å². The number of nitrogens with two attached hydrogens (primary N) is 1. The summed E-state index contributed by atoms with van der Waals surface area (Å²) >= 11 is 0. The van der Waals surface area contributed by atoms with Gasteiger partial charge in [-0.05, 0) is 19.4 Å². The van der Waals surface area contributed by atoms with E-state index in [-0.39, 0.29) is 24.1 Å². The maximum atomic E-state index is 12.2. The van der Waals surface area contributed by atoms with E-state index < -0.39 is 0 Å². The Balaban J connectivity index is 2.18. The molecule has 19 heavy (non-hydrogen) atoms. The zero-order valence-electron chi connectivity index (χ0n) is 11.6. The Bertz CT molecular complexity index is 421. The van der Waals surface area contributed by atoms with Crippen LogP contribution in [0, 0.1) is 0 Å². The first-order valence-corrected chi connectivity index (χ1v) is 6.83. The summed E-state index contributed by atoms with van der Waals surface area (Å²) in [4.78, 5) is 14.1. The standard InChI is InChI=1S/C15H22N2O2/c1-11-10-19-15(13-6-4-3-5-7-13)12(2)17(11)14(18)8-9-16/h3-7,11-12,15H,8-10,16H2,1-2H3/t11-,12+,15+/m1/s1. The van der Waals surface area contributed by atoms with Gasteiger partial charge in [0.15, 0.2) is 0 Å². The third-order valence-corrected chi connectivity index (χ3v) is 3.64. The summed E-state index contributed by atoms with van der Waals surface area (Å²) in [6, 6.07) is 10.2. The molecule has 1 amide bonds. The van der Waals surface area contributed by atoms with E-state index in [1.807, 2.05) is 49.1 Å². The number of morpholine rings is 1. The van der Waals surface area contributed by atoms with Crippen molar-refractivity contribution in [3.63, 3.8) is 0 Å². The van der Waals surface area contributed by atoms with Crippen LogP contribution < -0.4 is 5.73 Å². The maximum absolute atomic E-state index is 12.2. The first-order chi connectivity index (χ1) is 9.15. The highest BCUT2D eigenvalue weighted by molar-refractivity contribution is 5.77. The van der Waals surface area contributed by atoms with Crippen LogP contribution in [0.1, 0.15) is 31.9 Å². The van der Waals surface area contributed by atoms with E-state index in [1.165, 1.54) is 0 Å². The van der Waals surface area contributed by atoms with Crippen LogP contribution in [-0.2, 0) is 9.53 Å². The van der Waals surface area contributed by atoms with Gasteiger partial charge in [0.05, 0.1) is 18.7 Å². The van der Waals surface area contributed by atoms with Crippen molar-refractivity contribution in [2.45, 2.75) is 38.5 Å². The molecule has 4 heteroatoms. The molecule has 1 aromatic rings. The summed E-state index contributed by atoms with van der Waals surface area (Å²) in [5.41, 5.74) is 6.61. The van der Waals surface area contributed by atoms with Crippen LogP contribution >= 0.6 is 0 Å². The predicted molar refractivity (Wildman–Crippen MR) is 74.6 cm³/mol. The van der Waals surface area contributed by atoms with Crippen molar-refractivity contribution in [2.24, 2.45) is 5.73 Å². The molecule has 1 fully saturated rings. The molecule has 2 N–H and O–H groups in total. The topological polar surface area (TPSA) is 55.6 Å². The Morgan fingerprint density at radius 3 is 2.68 bits per heavy atom. The summed E-state index contributed by atoms with van der Waals surface area (Å²) < 4.78 is 5.92. The van der Waals surface area contributed by atoms with E-state index in [0.717, 1.165) is 5.56 Å². The summed E-state index contributed by atoms with van der Waals surface area (Å²) in [6.45, 7) is 5.03. The van der Waals surface area contributed by atoms with Crippen LogP contribution in [0.15, 0.2) is 30.3 Å². The molecule has 104 valence electrons. The first-order valence-electron chi connectivity index (χ1n) is 6.83. The number of carbonyl (C=O) groups is 1. The van der Waals surface area contributed by atoms with Crippen LogP contribution in [0.3, 0.4) is 0 Å². The molecule has 0 radical (unpaired) electrons. The van der Waals surface area contributed by atoms with Gasteiger partial charge in [0.1, 0.15) is 6.10 Å². The second kappa shape index (κ2) is 6.17. The lowest BCUT2D eigenvalue weighted by Crippen LogP contribution is -2.53. The van der Waals surface area contributed by atoms with Crippen LogP contribution in [0.5, 0.6) is 0 Å². The smallest absolute Gasteiger partial charge is 0.224 e. The van der Waals surface area contributed by atoms with E-state index in [1.54, 1.807) is 0 Å². The van der Waals surface area contributed by atoms with E-state index in [2.05, 4.69) is 0 Å². The summed E-state index contributed by atoms with van der Waals surface area (Å²) in [6.07, 6.45) is 0.343. The minimum absolute atomic E-state index is 0.0326. The van der Waals surface area contributed by atoms with Crippen LogP contribution in [0.25, 0.3) is 0 Å². The van der Waals surface area contributed by atoms with Crippen molar-refractivity contribution in [3.05, 3.63) is 35.9 Å². The average molecular weight is 262 g/mol. The molecule has 0 saturated carbocycles. The minimum Gasteiger partial charge on any atom is -0.369 e. The summed E-state index contributed by atoms with van der Waals surface area (Å²) in [5.74, 6) is 0.117. The van der Waals surface area contributed by atoms with E-state index in [0.29, 0.717) is 19.6 Å². The number of carbonyl (C=O) groups excluding carboxylic acids is 1. The van der Waals surface area contributed by atoms with Gasteiger partial charge in [-0.1, -0.05) is 30.3 Å². The first kappa shape index (κ1) is 14.0. The molecule has 1 heterocycles. The highest BCUT2D eigenvalue weighted by atomic mass is 16.5. The molecule has 0 aliphatic carbocycles. The van der Waals surface area contributed by atoms with Gasteiger partial charge in [-0.15, -0.1) is 0 Å². The van der Waals surface area contributed by atoms with Crippen molar-refractivity contribution in [1.82, 2.24) is 4.90 Å². The average Bonchev–Trinajstić information content (AvgIpc) is 2.40. The van der Waals surface area contributed by atoms with Crippen molar-refractivity contribution >= 4 is 5.91 Å². The number of hydrogen-bond acceptors (Lipinski definition) is 3. The van der Waals surface area contributed by atoms with E-state index >= 15 is 0 Å². The molecule has 2 rings (SSSR count). The number of ether oxygens (including phenoxy) is 1. The Kier molecular flexibility index (Phi) is 4.56. The van der Waals surface area contributed by atoms with Gasteiger partial charge in [-0.25, -0.2) is 0 Å². The van der Waals surface area contributed by atoms with Gasteiger partial charge in [-0.2, -0.15) is 0 Å². The molecule has 1 aliphatic heterocycles. The number of benzene rings is 1. The number of rotatable bonds is 3. The SMILES string of the molecule is C[C@@H]1CO[C@H](c2ccccc2)[C@H](C)N1C(=O)CCN. The van der Waals surface area contributed by atoms with Gasteiger partial charge < -0.3 is 15.4 Å². The Morgan fingerprint density at radius 1 is 1.37 bits per heavy atom. The zero-order chi connectivity index (χ0) is 13.8. The Morgan fingerprint density at radius 2 is 2.05 bits per heavy atom. The van der Waals surface area contributed by atoms with Crippen LogP contribution in [-0.4, -0.2) is 36.0 Å².